The minimum absolute atomic E-state index is 0.0555. The third kappa shape index (κ3) is 3.26. The highest BCUT2D eigenvalue weighted by Gasteiger charge is 2.23. The monoisotopic (exact) mass is 238 g/mol. The van der Waals surface area contributed by atoms with Crippen LogP contribution >= 0.6 is 0 Å². The lowest BCUT2D eigenvalue weighted by Crippen LogP contribution is -2.42. The van der Waals surface area contributed by atoms with Gasteiger partial charge in [-0.3, -0.25) is 4.90 Å². The van der Waals surface area contributed by atoms with Gasteiger partial charge in [0.1, 0.15) is 0 Å². The van der Waals surface area contributed by atoms with Crippen molar-refractivity contribution >= 4 is 0 Å². The summed E-state index contributed by atoms with van der Waals surface area (Å²) in [6.07, 6.45) is 2.27. The van der Waals surface area contributed by atoms with E-state index in [-0.39, 0.29) is 11.5 Å². The fourth-order valence-corrected chi connectivity index (χ4v) is 2.05. The summed E-state index contributed by atoms with van der Waals surface area (Å²) in [5, 5.41) is 4.03. The average Bonchev–Trinajstić information content (AvgIpc) is 2.65. The maximum absolute atomic E-state index is 5.94. The van der Waals surface area contributed by atoms with Crippen molar-refractivity contribution in [3.8, 4) is 0 Å². The van der Waals surface area contributed by atoms with Crippen molar-refractivity contribution in [2.45, 2.75) is 51.6 Å². The number of nitrogens with zero attached hydrogens (tertiary/aromatic N) is 3. The van der Waals surface area contributed by atoms with Crippen LogP contribution < -0.4 is 5.73 Å². The van der Waals surface area contributed by atoms with Crippen molar-refractivity contribution in [3.63, 3.8) is 0 Å². The Hall–Kier alpha value is -0.940. The highest BCUT2D eigenvalue weighted by Crippen LogP contribution is 2.19. The molecule has 0 amide bonds. The molecule has 0 saturated carbocycles. The summed E-state index contributed by atoms with van der Waals surface area (Å²) < 4.78 is 5.29. The molecule has 1 saturated heterocycles. The summed E-state index contributed by atoms with van der Waals surface area (Å²) in [5.74, 6) is 1.47. The molecular formula is C12H22N4O. The first kappa shape index (κ1) is 12.5. The second-order valence-electron chi connectivity index (χ2n) is 5.90. The van der Waals surface area contributed by atoms with E-state index in [0.717, 1.165) is 38.3 Å². The van der Waals surface area contributed by atoms with Gasteiger partial charge in [0.15, 0.2) is 5.82 Å². The minimum atomic E-state index is -0.0555. The summed E-state index contributed by atoms with van der Waals surface area (Å²) in [7, 11) is 0. The Bertz CT molecular complexity index is 369. The molecule has 0 bridgehead atoms. The molecule has 1 fully saturated rings. The van der Waals surface area contributed by atoms with E-state index in [1.54, 1.807) is 0 Å². The summed E-state index contributed by atoms with van der Waals surface area (Å²) >= 11 is 0. The average molecular weight is 238 g/mol. The molecule has 2 N–H and O–H groups in total. The largest absolute Gasteiger partial charge is 0.338 e. The van der Waals surface area contributed by atoms with Crippen LogP contribution in [0.15, 0.2) is 4.52 Å². The standard InChI is InChI=1S/C12H22N4O/c1-12(2,3)11-14-10(17-15-11)8-16-6-4-5-9(13)7-16/h9H,4-8,13H2,1-3H3/t9-/m1/s1. The van der Waals surface area contributed by atoms with Crippen molar-refractivity contribution in [2.24, 2.45) is 5.73 Å². The Morgan fingerprint density at radius 1 is 1.47 bits per heavy atom. The van der Waals surface area contributed by atoms with Gasteiger partial charge in [-0.05, 0) is 19.4 Å². The normalized spacial score (nSPS) is 22.9. The number of rotatable bonds is 2. The molecule has 5 nitrogen and oxygen atoms in total. The number of aromatic nitrogens is 2. The maximum atomic E-state index is 5.94. The predicted octanol–water partition coefficient (Wildman–Crippen LogP) is 1.29. The maximum Gasteiger partial charge on any atom is 0.240 e. The second kappa shape index (κ2) is 4.74. The zero-order valence-electron chi connectivity index (χ0n) is 10.9. The number of nitrogens with two attached hydrogens (primary N) is 1. The van der Waals surface area contributed by atoms with Crippen LogP contribution in [0.1, 0.15) is 45.3 Å². The first-order valence-electron chi connectivity index (χ1n) is 6.26. The first-order valence-corrected chi connectivity index (χ1v) is 6.26. The van der Waals surface area contributed by atoms with E-state index in [9.17, 15) is 0 Å². The molecule has 1 aliphatic heterocycles. The molecule has 2 heterocycles. The predicted molar refractivity (Wildman–Crippen MR) is 65.5 cm³/mol. The second-order valence-corrected chi connectivity index (χ2v) is 5.90. The molecular weight excluding hydrogens is 216 g/mol. The summed E-state index contributed by atoms with van der Waals surface area (Å²) in [4.78, 5) is 6.73. The molecule has 0 aliphatic carbocycles. The van der Waals surface area contributed by atoms with Gasteiger partial charge in [0.2, 0.25) is 5.89 Å². The molecule has 1 aromatic rings. The number of hydrogen-bond acceptors (Lipinski definition) is 5. The van der Waals surface area contributed by atoms with Gasteiger partial charge in [-0.2, -0.15) is 4.98 Å². The number of piperidine rings is 1. The number of likely N-dealkylation sites (tertiary alicyclic amines) is 1. The minimum Gasteiger partial charge on any atom is -0.338 e. The van der Waals surface area contributed by atoms with Crippen molar-refractivity contribution < 1.29 is 4.52 Å². The fourth-order valence-electron chi connectivity index (χ4n) is 2.05. The lowest BCUT2D eigenvalue weighted by atomic mass is 9.96. The van der Waals surface area contributed by atoms with Crippen LogP contribution in [-0.4, -0.2) is 34.2 Å². The zero-order chi connectivity index (χ0) is 12.5. The lowest BCUT2D eigenvalue weighted by molar-refractivity contribution is 0.178. The lowest BCUT2D eigenvalue weighted by Gasteiger charge is -2.29. The Labute approximate surface area is 102 Å². The van der Waals surface area contributed by atoms with Gasteiger partial charge in [0, 0.05) is 18.0 Å². The molecule has 1 atom stereocenters. The molecule has 1 aromatic heterocycles. The first-order chi connectivity index (χ1) is 7.95. The van der Waals surface area contributed by atoms with E-state index in [2.05, 4.69) is 35.8 Å². The van der Waals surface area contributed by atoms with Gasteiger partial charge in [-0.15, -0.1) is 0 Å². The van der Waals surface area contributed by atoms with Crippen LogP contribution in [0.25, 0.3) is 0 Å². The van der Waals surface area contributed by atoms with Crippen LogP contribution in [0.2, 0.25) is 0 Å². The topological polar surface area (TPSA) is 68.2 Å². The van der Waals surface area contributed by atoms with E-state index in [1.807, 2.05) is 0 Å². The van der Waals surface area contributed by atoms with Gasteiger partial charge >= 0.3 is 0 Å². The van der Waals surface area contributed by atoms with Crippen LogP contribution in [-0.2, 0) is 12.0 Å². The van der Waals surface area contributed by atoms with E-state index in [4.69, 9.17) is 10.3 Å². The smallest absolute Gasteiger partial charge is 0.240 e. The SMILES string of the molecule is CC(C)(C)c1noc(CN2CCC[C@@H](N)C2)n1. The van der Waals surface area contributed by atoms with Crippen LogP contribution in [0.5, 0.6) is 0 Å². The molecule has 17 heavy (non-hydrogen) atoms. The summed E-state index contributed by atoms with van der Waals surface area (Å²) in [5.41, 5.74) is 5.89. The molecule has 0 aromatic carbocycles. The van der Waals surface area contributed by atoms with E-state index in [0.29, 0.717) is 5.89 Å². The molecule has 0 radical (unpaired) electrons. The van der Waals surface area contributed by atoms with Crippen LogP contribution in [0.3, 0.4) is 0 Å². The molecule has 0 spiro atoms. The van der Waals surface area contributed by atoms with Gasteiger partial charge in [0.25, 0.3) is 0 Å². The van der Waals surface area contributed by atoms with Gasteiger partial charge in [-0.1, -0.05) is 25.9 Å². The van der Waals surface area contributed by atoms with Gasteiger partial charge in [-0.25, -0.2) is 0 Å². The van der Waals surface area contributed by atoms with Crippen molar-refractivity contribution in [1.29, 1.82) is 0 Å². The van der Waals surface area contributed by atoms with E-state index >= 15 is 0 Å². The Morgan fingerprint density at radius 3 is 2.82 bits per heavy atom. The molecule has 2 rings (SSSR count). The summed E-state index contributed by atoms with van der Waals surface area (Å²) in [6.45, 7) is 8.96. The van der Waals surface area contributed by atoms with Gasteiger partial charge in [0.05, 0.1) is 6.54 Å². The highest BCUT2D eigenvalue weighted by atomic mass is 16.5. The van der Waals surface area contributed by atoms with Crippen LogP contribution in [0.4, 0.5) is 0 Å². The molecule has 5 heteroatoms. The van der Waals surface area contributed by atoms with Crippen molar-refractivity contribution in [3.05, 3.63) is 11.7 Å². The third-order valence-electron chi connectivity index (χ3n) is 3.04. The molecule has 0 unspecified atom stereocenters. The van der Waals surface area contributed by atoms with Gasteiger partial charge < -0.3 is 10.3 Å². The van der Waals surface area contributed by atoms with Crippen molar-refractivity contribution in [2.75, 3.05) is 13.1 Å². The zero-order valence-corrected chi connectivity index (χ0v) is 10.9. The Balaban J connectivity index is 1.97. The number of hydrogen-bond donors (Lipinski definition) is 1. The molecule has 96 valence electrons. The van der Waals surface area contributed by atoms with E-state index < -0.39 is 0 Å². The Morgan fingerprint density at radius 2 is 2.24 bits per heavy atom. The third-order valence-corrected chi connectivity index (χ3v) is 3.04. The van der Waals surface area contributed by atoms with E-state index in [1.165, 1.54) is 0 Å². The van der Waals surface area contributed by atoms with Crippen molar-refractivity contribution in [1.82, 2.24) is 15.0 Å². The summed E-state index contributed by atoms with van der Waals surface area (Å²) in [6, 6.07) is 0.286. The van der Waals surface area contributed by atoms with Crippen LogP contribution in [0, 0.1) is 0 Å². The Kier molecular flexibility index (Phi) is 3.49. The highest BCUT2D eigenvalue weighted by molar-refractivity contribution is 5.00. The fraction of sp³-hybridized carbons (Fsp3) is 0.833. The quantitative estimate of drug-likeness (QED) is 0.841. The molecule has 1 aliphatic rings.